The number of hydrogen-bond donors (Lipinski definition) is 0. The molecule has 1 aliphatic rings. The predicted molar refractivity (Wildman–Crippen MR) is 265 cm³/mol. The van der Waals surface area contributed by atoms with Crippen molar-refractivity contribution in [1.82, 2.24) is 19.9 Å². The lowest BCUT2D eigenvalue weighted by Gasteiger charge is -2.34. The van der Waals surface area contributed by atoms with E-state index in [9.17, 15) is 0 Å². The molecule has 3 aromatic heterocycles. The fraction of sp³-hybridized carbons (Fsp3) is 0.0169. The zero-order valence-electron chi connectivity index (χ0n) is 34.9. The van der Waals surface area contributed by atoms with E-state index in [-0.39, 0.29) is 0 Å². The summed E-state index contributed by atoms with van der Waals surface area (Å²) in [6, 6.07) is 76.8. The average molecular weight is 849 g/mol. The van der Waals surface area contributed by atoms with E-state index >= 15 is 0 Å². The van der Waals surface area contributed by atoms with Gasteiger partial charge in [-0.3, -0.25) is 0 Å². The van der Waals surface area contributed by atoms with Gasteiger partial charge in [0, 0.05) is 48.0 Å². The second-order valence-corrected chi connectivity index (χ2v) is 17.5. The highest BCUT2D eigenvalue weighted by atomic mass is 32.1. The fourth-order valence-corrected chi connectivity index (χ4v) is 11.2. The van der Waals surface area contributed by atoms with E-state index in [4.69, 9.17) is 24.4 Å². The van der Waals surface area contributed by atoms with Gasteiger partial charge in [0.05, 0.1) is 5.41 Å². The predicted octanol–water partition coefficient (Wildman–Crippen LogP) is 15.1. The van der Waals surface area contributed by atoms with Crippen LogP contribution in [0.5, 0.6) is 0 Å². The number of hydrogen-bond acceptors (Lipinski definition) is 6. The number of aromatic nitrogens is 4. The molecule has 0 saturated heterocycles. The molecule has 0 amide bonds. The first-order valence-electron chi connectivity index (χ1n) is 21.8. The molecule has 12 aromatic rings. The summed E-state index contributed by atoms with van der Waals surface area (Å²) < 4.78 is 9.08. The van der Waals surface area contributed by atoms with Gasteiger partial charge in [-0.1, -0.05) is 182 Å². The molecule has 5 nitrogen and oxygen atoms in total. The first-order chi connectivity index (χ1) is 32.2. The maximum absolute atomic E-state index is 6.69. The van der Waals surface area contributed by atoms with Crippen molar-refractivity contribution in [3.05, 3.63) is 241 Å². The Morgan fingerprint density at radius 3 is 1.77 bits per heavy atom. The molecule has 9 aromatic carbocycles. The van der Waals surface area contributed by atoms with E-state index in [0.717, 1.165) is 43.6 Å². The molecule has 0 spiro atoms. The molecule has 6 heteroatoms. The van der Waals surface area contributed by atoms with Gasteiger partial charge in [-0.2, -0.15) is 0 Å². The van der Waals surface area contributed by atoms with Crippen molar-refractivity contribution < 1.29 is 4.42 Å². The van der Waals surface area contributed by atoms with Crippen molar-refractivity contribution in [2.24, 2.45) is 0 Å². The van der Waals surface area contributed by atoms with Gasteiger partial charge < -0.3 is 4.42 Å². The van der Waals surface area contributed by atoms with Gasteiger partial charge in [0.15, 0.2) is 23.1 Å². The Bertz CT molecular complexity index is 3740. The lowest BCUT2D eigenvalue weighted by Crippen LogP contribution is -2.28. The van der Waals surface area contributed by atoms with Crippen LogP contribution in [0.1, 0.15) is 22.3 Å². The number of oxazole rings is 1. The highest BCUT2D eigenvalue weighted by Gasteiger charge is 2.46. The van der Waals surface area contributed by atoms with Crippen LogP contribution in [0.25, 0.3) is 99.1 Å². The van der Waals surface area contributed by atoms with Gasteiger partial charge in [-0.05, 0) is 75.3 Å². The summed E-state index contributed by atoms with van der Waals surface area (Å²) in [7, 11) is 0. The van der Waals surface area contributed by atoms with E-state index in [0.29, 0.717) is 28.9 Å². The van der Waals surface area contributed by atoms with E-state index in [1.165, 1.54) is 48.9 Å². The van der Waals surface area contributed by atoms with Gasteiger partial charge in [-0.15, -0.1) is 11.3 Å². The summed E-state index contributed by atoms with van der Waals surface area (Å²) in [6.07, 6.45) is 0. The van der Waals surface area contributed by atoms with Crippen molar-refractivity contribution in [3.8, 4) is 67.9 Å². The highest BCUT2D eigenvalue weighted by molar-refractivity contribution is 7.26. The van der Waals surface area contributed by atoms with Gasteiger partial charge in [0.25, 0.3) is 0 Å². The molecule has 0 radical (unpaired) electrons. The van der Waals surface area contributed by atoms with Crippen molar-refractivity contribution in [3.63, 3.8) is 0 Å². The molecular weight excluding hydrogens is 813 g/mol. The standard InChI is InChI=1S/C59H36N4OS/c1-4-17-37(18-5-1)55-61-56(63-57(62-55)48-29-15-28-47-46-26-11-13-32-52(46)65-54(47)48)39-20-14-19-38(35-39)43-27-16-31-51-53(43)60-58(64-51)40-33-34-45-44-25-10-12-30-49(44)59(50(45)36-40,41-21-6-2-7-22-41)42-23-8-3-9-24-42/h1-36H. The molecule has 0 unspecified atom stereocenters. The Labute approximate surface area is 379 Å². The van der Waals surface area contributed by atoms with E-state index in [1.807, 2.05) is 42.5 Å². The zero-order chi connectivity index (χ0) is 42.9. The summed E-state index contributed by atoms with van der Waals surface area (Å²) >= 11 is 1.77. The second-order valence-electron chi connectivity index (χ2n) is 16.5. The van der Waals surface area contributed by atoms with Crippen LogP contribution in [0.4, 0.5) is 0 Å². The Morgan fingerprint density at radius 2 is 0.954 bits per heavy atom. The Morgan fingerprint density at radius 1 is 0.369 bits per heavy atom. The summed E-state index contributed by atoms with van der Waals surface area (Å²) in [6.45, 7) is 0. The molecule has 1 aliphatic carbocycles. The topological polar surface area (TPSA) is 64.7 Å². The third kappa shape index (κ3) is 5.92. The molecule has 0 N–H and O–H groups in total. The van der Waals surface area contributed by atoms with Gasteiger partial charge in [0.1, 0.15) is 5.52 Å². The van der Waals surface area contributed by atoms with Crippen LogP contribution >= 0.6 is 11.3 Å². The van der Waals surface area contributed by atoms with Crippen LogP contribution in [-0.2, 0) is 5.41 Å². The van der Waals surface area contributed by atoms with Crippen molar-refractivity contribution in [2.75, 3.05) is 0 Å². The minimum Gasteiger partial charge on any atom is -0.436 e. The molecule has 0 bridgehead atoms. The minimum absolute atomic E-state index is 0.526. The monoisotopic (exact) mass is 848 g/mol. The first-order valence-corrected chi connectivity index (χ1v) is 22.6. The maximum atomic E-state index is 6.69. The molecule has 0 fully saturated rings. The van der Waals surface area contributed by atoms with Crippen LogP contribution in [0.2, 0.25) is 0 Å². The first kappa shape index (κ1) is 37.3. The fourth-order valence-electron chi connectivity index (χ4n) is 9.97. The number of rotatable bonds is 7. The molecule has 13 rings (SSSR count). The second kappa shape index (κ2) is 14.9. The lowest BCUT2D eigenvalue weighted by atomic mass is 9.67. The molecule has 65 heavy (non-hydrogen) atoms. The van der Waals surface area contributed by atoms with Crippen molar-refractivity contribution >= 4 is 42.6 Å². The number of nitrogens with zero attached hydrogens (tertiary/aromatic N) is 4. The molecular formula is C59H36N4OS. The number of thiophene rings is 1. The summed E-state index contributed by atoms with van der Waals surface area (Å²) in [5, 5.41) is 2.43. The smallest absolute Gasteiger partial charge is 0.227 e. The third-order valence-electron chi connectivity index (χ3n) is 12.9. The zero-order valence-corrected chi connectivity index (χ0v) is 35.7. The quantitative estimate of drug-likeness (QED) is 0.160. The number of benzene rings is 9. The van der Waals surface area contributed by atoms with Crippen LogP contribution in [0.3, 0.4) is 0 Å². The average Bonchev–Trinajstić information content (AvgIpc) is 4.08. The van der Waals surface area contributed by atoms with Crippen LogP contribution in [-0.4, -0.2) is 19.9 Å². The van der Waals surface area contributed by atoms with Crippen LogP contribution in [0, 0.1) is 0 Å². The van der Waals surface area contributed by atoms with Gasteiger partial charge in [-0.25, -0.2) is 19.9 Å². The van der Waals surface area contributed by atoms with Gasteiger partial charge in [0.2, 0.25) is 5.89 Å². The van der Waals surface area contributed by atoms with Crippen LogP contribution in [0.15, 0.2) is 223 Å². The number of fused-ring (bicyclic) bond motifs is 7. The van der Waals surface area contributed by atoms with E-state index < -0.39 is 5.41 Å². The molecule has 3 heterocycles. The minimum atomic E-state index is -0.526. The number of para-hydroxylation sites is 1. The van der Waals surface area contributed by atoms with Crippen molar-refractivity contribution in [1.29, 1.82) is 0 Å². The van der Waals surface area contributed by atoms with E-state index in [1.54, 1.807) is 11.3 Å². The lowest BCUT2D eigenvalue weighted by molar-refractivity contribution is 0.619. The SMILES string of the molecule is c1ccc(-c2nc(-c3cccc(-c4cccc5oc(-c6ccc7c(c6)C(c6ccccc6)(c6ccccc6)c6ccccc6-7)nc45)c3)nc(-c3cccc4c3sc3ccccc34)n2)cc1. The summed E-state index contributed by atoms with van der Waals surface area (Å²) in [5.74, 6) is 2.43. The Hall–Kier alpha value is -8.32. The molecule has 304 valence electrons. The third-order valence-corrected chi connectivity index (χ3v) is 14.1. The molecule has 0 atom stereocenters. The Kier molecular flexibility index (Phi) is 8.54. The summed E-state index contributed by atoms with van der Waals surface area (Å²) in [5.41, 5.74) is 14.0. The normalized spacial score (nSPS) is 12.7. The summed E-state index contributed by atoms with van der Waals surface area (Å²) in [4.78, 5) is 20.7. The maximum Gasteiger partial charge on any atom is 0.227 e. The van der Waals surface area contributed by atoms with Crippen molar-refractivity contribution in [2.45, 2.75) is 5.41 Å². The molecule has 0 aliphatic heterocycles. The highest BCUT2D eigenvalue weighted by Crippen LogP contribution is 2.56. The Balaban J connectivity index is 0.936. The van der Waals surface area contributed by atoms with Gasteiger partial charge >= 0.3 is 0 Å². The van der Waals surface area contributed by atoms with E-state index in [2.05, 4.69) is 176 Å². The van der Waals surface area contributed by atoms with Crippen LogP contribution < -0.4 is 0 Å². The largest absolute Gasteiger partial charge is 0.436 e. The molecule has 0 saturated carbocycles.